The van der Waals surface area contributed by atoms with Crippen LogP contribution in [0, 0.1) is 56.2 Å². The van der Waals surface area contributed by atoms with Crippen molar-refractivity contribution in [1.82, 2.24) is 0 Å². The number of Topliss-reactive ketones (excluding diaryl/α,β-unsaturated/α-hetero) is 1. The molecule has 3 saturated carbocycles. The summed E-state index contributed by atoms with van der Waals surface area (Å²) >= 11 is 0. The van der Waals surface area contributed by atoms with E-state index in [1.807, 2.05) is 6.92 Å². The first-order valence-corrected chi connectivity index (χ1v) is 14.6. The third kappa shape index (κ3) is 3.16. The summed E-state index contributed by atoms with van der Waals surface area (Å²) in [5, 5.41) is 0. The Morgan fingerprint density at radius 2 is 1.58 bits per heavy atom. The lowest BCUT2D eigenvalue weighted by Gasteiger charge is -2.71. The molecule has 200 valence electrons. The summed E-state index contributed by atoms with van der Waals surface area (Å²) < 4.78 is 5.50. The average Bonchev–Trinajstić information content (AvgIpc) is 2.78. The first-order chi connectivity index (χ1) is 16.6. The van der Waals surface area contributed by atoms with Gasteiger partial charge in [0.25, 0.3) is 0 Å². The van der Waals surface area contributed by atoms with Gasteiger partial charge in [-0.2, -0.15) is 0 Å². The molecule has 0 radical (unpaired) electrons. The van der Waals surface area contributed by atoms with Crippen molar-refractivity contribution in [1.29, 1.82) is 0 Å². The van der Waals surface area contributed by atoms with Crippen LogP contribution in [0.25, 0.3) is 0 Å². The zero-order valence-electron chi connectivity index (χ0n) is 24.4. The fourth-order valence-corrected chi connectivity index (χ4v) is 11.0. The summed E-state index contributed by atoms with van der Waals surface area (Å²) in [6, 6.07) is 0. The van der Waals surface area contributed by atoms with Gasteiger partial charge < -0.3 is 4.74 Å². The highest BCUT2D eigenvalue weighted by Crippen LogP contribution is 2.76. The Morgan fingerprint density at radius 1 is 0.917 bits per heavy atom. The van der Waals surface area contributed by atoms with E-state index >= 15 is 0 Å². The van der Waals surface area contributed by atoms with E-state index in [9.17, 15) is 9.59 Å². The average molecular weight is 495 g/mol. The molecule has 0 aliphatic heterocycles. The van der Waals surface area contributed by atoms with Crippen LogP contribution in [0.2, 0.25) is 0 Å². The molecule has 0 aromatic heterocycles. The maximum atomic E-state index is 13.4. The zero-order valence-corrected chi connectivity index (χ0v) is 24.4. The highest BCUT2D eigenvalue weighted by atomic mass is 16.5. The van der Waals surface area contributed by atoms with Gasteiger partial charge in [0.15, 0.2) is 0 Å². The van der Waals surface area contributed by atoms with Crippen molar-refractivity contribution in [3.8, 4) is 0 Å². The van der Waals surface area contributed by atoms with Gasteiger partial charge in [0.05, 0.1) is 12.5 Å². The molecule has 0 amide bonds. The molecular formula is C33H50O3. The Hall–Kier alpha value is -1.38. The van der Waals surface area contributed by atoms with Crippen LogP contribution in [-0.4, -0.2) is 18.9 Å². The number of carbonyl (C=O) groups excluding carboxylic acids is 2. The summed E-state index contributed by atoms with van der Waals surface area (Å²) in [5.41, 5.74) is 1.64. The Kier molecular flexibility index (Phi) is 5.70. The Bertz CT molecular complexity index is 1030. The second-order valence-corrected chi connectivity index (χ2v) is 15.5. The van der Waals surface area contributed by atoms with E-state index in [0.29, 0.717) is 17.6 Å². The topological polar surface area (TPSA) is 43.4 Å². The predicted molar refractivity (Wildman–Crippen MR) is 145 cm³/mol. The molecule has 3 nitrogen and oxygen atoms in total. The Morgan fingerprint density at radius 3 is 2.22 bits per heavy atom. The fraction of sp³-hybridized carbons (Fsp3) is 0.818. The molecule has 5 aliphatic carbocycles. The maximum Gasteiger partial charge on any atom is 0.312 e. The van der Waals surface area contributed by atoms with Crippen LogP contribution in [0.4, 0.5) is 0 Å². The van der Waals surface area contributed by atoms with E-state index in [0.717, 1.165) is 38.5 Å². The molecule has 0 saturated heterocycles. The summed E-state index contributed by atoms with van der Waals surface area (Å²) in [7, 11) is 1.58. The van der Waals surface area contributed by atoms with Gasteiger partial charge in [0, 0.05) is 5.92 Å². The van der Waals surface area contributed by atoms with Crippen molar-refractivity contribution >= 4 is 11.8 Å². The third-order valence-electron chi connectivity index (χ3n) is 13.1. The van der Waals surface area contributed by atoms with E-state index in [-0.39, 0.29) is 50.3 Å². The van der Waals surface area contributed by atoms with Crippen molar-refractivity contribution in [3.63, 3.8) is 0 Å². The molecule has 0 bridgehead atoms. The van der Waals surface area contributed by atoms with E-state index in [1.165, 1.54) is 12.8 Å². The number of fused-ring (bicyclic) bond motifs is 7. The van der Waals surface area contributed by atoms with Gasteiger partial charge in [-0.05, 0) is 103 Å². The molecule has 5 aliphatic rings. The molecule has 0 spiro atoms. The second kappa shape index (κ2) is 7.82. The number of ether oxygens (including phenoxy) is 1. The van der Waals surface area contributed by atoms with Crippen LogP contribution in [0.3, 0.4) is 0 Å². The minimum atomic E-state index is -0.364. The van der Waals surface area contributed by atoms with Crippen LogP contribution in [0.1, 0.15) is 107 Å². The molecule has 0 aromatic rings. The number of ketones is 1. The first kappa shape index (κ1) is 26.2. The van der Waals surface area contributed by atoms with Crippen molar-refractivity contribution in [2.24, 2.45) is 56.2 Å². The molecule has 8 atom stereocenters. The summed E-state index contributed by atoms with van der Waals surface area (Å²) in [5.74, 6) is 1.56. The van der Waals surface area contributed by atoms with E-state index in [4.69, 9.17) is 4.74 Å². The largest absolute Gasteiger partial charge is 0.469 e. The molecule has 3 heteroatoms. The van der Waals surface area contributed by atoms with Crippen LogP contribution in [-0.2, 0) is 14.3 Å². The number of rotatable bonds is 2. The molecule has 5 rings (SSSR count). The lowest BCUT2D eigenvalue weighted by atomic mass is 9.33. The molecule has 0 heterocycles. The summed E-state index contributed by atoms with van der Waals surface area (Å²) in [4.78, 5) is 26.5. The van der Waals surface area contributed by atoms with Crippen molar-refractivity contribution in [2.75, 3.05) is 7.11 Å². The number of hydrogen-bond donors (Lipinski definition) is 0. The fourth-order valence-electron chi connectivity index (χ4n) is 11.0. The van der Waals surface area contributed by atoms with Crippen LogP contribution < -0.4 is 0 Å². The summed E-state index contributed by atoms with van der Waals surface area (Å²) in [6.45, 7) is 18.9. The van der Waals surface area contributed by atoms with Crippen molar-refractivity contribution in [3.05, 3.63) is 23.8 Å². The zero-order chi connectivity index (χ0) is 26.5. The maximum absolute atomic E-state index is 13.4. The standard InChI is InChI=1S/C33H50O3/c1-21(34)22-12-14-29(4,5)25-13-15-31(7)26(32(22,25)8)11-10-23-24-20-28(2,3)16-18-33(24,27(35)36-9)19-17-30(23,31)6/h10,12,14,22,24-26H,11,13,15-20H2,1-9H3/t22?,24?,25?,26?,30-,31-,32+,33+/m1/s1. The van der Waals surface area contributed by atoms with Gasteiger partial charge in [0.2, 0.25) is 0 Å². The van der Waals surface area contributed by atoms with Gasteiger partial charge in [-0.15, -0.1) is 0 Å². The molecule has 0 aromatic carbocycles. The quantitative estimate of drug-likeness (QED) is 0.289. The monoisotopic (exact) mass is 494 g/mol. The minimum Gasteiger partial charge on any atom is -0.469 e. The molecule has 0 N–H and O–H groups in total. The number of esters is 1. The number of hydrogen-bond acceptors (Lipinski definition) is 3. The molecule has 36 heavy (non-hydrogen) atoms. The second-order valence-electron chi connectivity index (χ2n) is 15.5. The number of methoxy groups -OCH3 is 1. The van der Waals surface area contributed by atoms with Crippen LogP contribution in [0.15, 0.2) is 23.8 Å². The minimum absolute atomic E-state index is 0.00920. The highest BCUT2D eigenvalue weighted by Gasteiger charge is 2.69. The smallest absolute Gasteiger partial charge is 0.312 e. The molecule has 3 fully saturated rings. The number of carbonyl (C=O) groups is 2. The van der Waals surface area contributed by atoms with Gasteiger partial charge in [-0.3, -0.25) is 9.59 Å². The highest BCUT2D eigenvalue weighted by molar-refractivity contribution is 5.81. The van der Waals surface area contributed by atoms with Crippen LogP contribution in [0.5, 0.6) is 0 Å². The molecule has 4 unspecified atom stereocenters. The normalized spacial score (nSPS) is 48.4. The van der Waals surface area contributed by atoms with Crippen molar-refractivity contribution < 1.29 is 14.3 Å². The van der Waals surface area contributed by atoms with Gasteiger partial charge in [-0.1, -0.05) is 72.3 Å². The summed E-state index contributed by atoms with van der Waals surface area (Å²) in [6.07, 6.45) is 15.6. The van der Waals surface area contributed by atoms with Gasteiger partial charge >= 0.3 is 5.97 Å². The van der Waals surface area contributed by atoms with E-state index in [2.05, 4.69) is 66.7 Å². The van der Waals surface area contributed by atoms with Crippen molar-refractivity contribution in [2.45, 2.75) is 107 Å². The Labute approximate surface area is 219 Å². The first-order valence-electron chi connectivity index (χ1n) is 14.6. The lowest BCUT2D eigenvalue weighted by Crippen LogP contribution is -2.65. The SMILES string of the molecule is COC(=O)[C@]12CCC(C)(C)CC1C1=CCC3[C@@]4(C)C(C(C)=O)C=CC(C)(C)C4CC[C@@]3(C)[C@]1(C)CC2. The van der Waals surface area contributed by atoms with E-state index in [1.54, 1.807) is 12.7 Å². The van der Waals surface area contributed by atoms with E-state index < -0.39 is 0 Å². The van der Waals surface area contributed by atoms with Gasteiger partial charge in [0.1, 0.15) is 5.78 Å². The Balaban J connectivity index is 1.65. The molecular weight excluding hydrogens is 444 g/mol. The predicted octanol–water partition coefficient (Wildman–Crippen LogP) is 7.94. The van der Waals surface area contributed by atoms with Crippen LogP contribution >= 0.6 is 0 Å². The third-order valence-corrected chi connectivity index (χ3v) is 13.1. The lowest BCUT2D eigenvalue weighted by molar-refractivity contribution is -0.188. The van der Waals surface area contributed by atoms with Gasteiger partial charge in [-0.25, -0.2) is 0 Å². The number of allylic oxidation sites excluding steroid dienone is 4.